The van der Waals surface area contributed by atoms with Crippen LogP contribution in [0.4, 0.5) is 0 Å². The van der Waals surface area contributed by atoms with Crippen molar-refractivity contribution < 1.29 is 28.6 Å². The van der Waals surface area contributed by atoms with E-state index in [9.17, 15) is 14.4 Å². The minimum atomic E-state index is -0.857. The SMILES string of the molecule is CC/C=C\C/C=C\C/C=C\C/C=C\C/C=C\C/C=C\C/C=C\C/C=C\C/C=C\CCCC(=O)OCC(COC(=O)C/C=C\C/C=C\C/C=C\C/C=C\C/C=C\CC)OC(=O)CCCCCCC/C=C\CCCCCCCCC. The number of rotatable bonds is 53. The third-order valence-corrected chi connectivity index (χ3v) is 12.2. The third kappa shape index (κ3) is 61.4. The smallest absolute Gasteiger partial charge is 0.309 e. The van der Waals surface area contributed by atoms with Gasteiger partial charge in [-0.1, -0.05) is 261 Å². The van der Waals surface area contributed by atoms with Gasteiger partial charge in [-0.05, 0) is 135 Å². The lowest BCUT2D eigenvalue weighted by Crippen LogP contribution is -2.30. The summed E-state index contributed by atoms with van der Waals surface area (Å²) in [6.45, 7) is 6.25. The quantitative estimate of drug-likeness (QED) is 0.0261. The Bertz CT molecular complexity index is 1850. The van der Waals surface area contributed by atoms with Gasteiger partial charge in [-0.2, -0.15) is 0 Å². The average Bonchev–Trinajstić information content (AvgIpc) is 3.44. The molecule has 6 heteroatoms. The second-order valence-electron chi connectivity index (χ2n) is 19.5. The molecule has 0 amide bonds. The van der Waals surface area contributed by atoms with Crippen LogP contribution in [-0.4, -0.2) is 37.2 Å². The van der Waals surface area contributed by atoms with E-state index in [0.717, 1.165) is 135 Å². The number of carbonyl (C=O) groups excluding carboxylic acids is 3. The lowest BCUT2D eigenvalue weighted by molar-refractivity contribution is -0.166. The molecule has 1 atom stereocenters. The van der Waals surface area contributed by atoms with Crippen LogP contribution in [0.5, 0.6) is 0 Å². The number of ether oxygens (including phenoxy) is 3. The fourth-order valence-corrected chi connectivity index (χ4v) is 7.63. The first kappa shape index (κ1) is 72.5. The van der Waals surface area contributed by atoms with E-state index in [0.29, 0.717) is 6.42 Å². The molecule has 1 unspecified atom stereocenters. The van der Waals surface area contributed by atoms with Gasteiger partial charge in [0.1, 0.15) is 13.2 Å². The van der Waals surface area contributed by atoms with Crippen LogP contribution in [0, 0.1) is 0 Å². The maximum atomic E-state index is 12.9. The second kappa shape index (κ2) is 64.0. The third-order valence-electron chi connectivity index (χ3n) is 12.2. The Morgan fingerprint density at radius 3 is 0.949 bits per heavy atom. The van der Waals surface area contributed by atoms with Crippen LogP contribution < -0.4 is 0 Å². The van der Waals surface area contributed by atoms with Crippen molar-refractivity contribution in [3.63, 3.8) is 0 Å². The molecule has 0 aromatic rings. The first-order chi connectivity index (χ1) is 38.5. The van der Waals surface area contributed by atoms with E-state index < -0.39 is 12.1 Å². The highest BCUT2D eigenvalue weighted by molar-refractivity contribution is 5.72. The number of esters is 3. The summed E-state index contributed by atoms with van der Waals surface area (Å²) in [5.74, 6) is -1.15. The lowest BCUT2D eigenvalue weighted by Gasteiger charge is -2.18. The normalized spacial score (nSPS) is 13.4. The Morgan fingerprint density at radius 2 is 0.564 bits per heavy atom. The second-order valence-corrected chi connectivity index (χ2v) is 19.5. The molecule has 0 fully saturated rings. The summed E-state index contributed by atoms with van der Waals surface area (Å²) in [7, 11) is 0. The molecule has 0 aromatic carbocycles. The molecule has 0 saturated carbocycles. The average molecular weight is 1070 g/mol. The number of carbonyl (C=O) groups is 3. The van der Waals surface area contributed by atoms with Gasteiger partial charge in [0.05, 0.1) is 6.42 Å². The zero-order chi connectivity index (χ0) is 56.4. The van der Waals surface area contributed by atoms with Crippen molar-refractivity contribution in [1.82, 2.24) is 0 Å². The number of hydrogen-bond donors (Lipinski definition) is 0. The Kier molecular flexibility index (Phi) is 59.5. The van der Waals surface area contributed by atoms with Gasteiger partial charge in [-0.15, -0.1) is 0 Å². The van der Waals surface area contributed by atoms with Crippen LogP contribution in [0.2, 0.25) is 0 Å². The molecule has 0 radical (unpaired) electrons. The van der Waals surface area contributed by atoms with Gasteiger partial charge in [-0.25, -0.2) is 0 Å². The standard InChI is InChI=1S/C72H110O6/c1-4-7-10-13-16-19-22-25-28-30-31-32-33-34-35-36-37-38-39-40-41-42-45-47-50-53-56-59-62-65-71(74)77-68-69(67-76-70(73)64-61-58-55-52-49-46-43-27-24-21-18-15-12-9-6-3)78-72(75)66-63-60-57-54-51-48-44-29-26-23-20-17-14-11-8-5-2/h7,9-10,12,16,18-19,21,25,27-29,31-32,34-35,37-38,40-41,43-45,47,49,52-53,56,58,61,69H,4-6,8,11,13-15,17,20,22-24,26,30,33,36,39,42,46,48,50-51,54-55,57,59-60,62-68H2,1-3H3/b10-7-,12-9-,19-16-,21-18-,28-25-,32-31-,35-34-,38-37-,41-40-,43-27-,44-29-,47-45-,52-49-,56-53-,61-58-. The number of allylic oxidation sites excluding steroid dienone is 29. The zero-order valence-electron chi connectivity index (χ0n) is 49.6. The van der Waals surface area contributed by atoms with E-state index in [-0.39, 0.29) is 44.4 Å². The maximum absolute atomic E-state index is 12.9. The fraction of sp³-hybridized carbons (Fsp3) is 0.542. The summed E-state index contributed by atoms with van der Waals surface area (Å²) >= 11 is 0. The molecule has 0 aliphatic rings. The fourth-order valence-electron chi connectivity index (χ4n) is 7.63. The van der Waals surface area contributed by atoms with Crippen molar-refractivity contribution in [3.8, 4) is 0 Å². The van der Waals surface area contributed by atoms with Crippen molar-refractivity contribution >= 4 is 17.9 Å². The Hall–Kier alpha value is -5.49. The molecular weight excluding hydrogens is 961 g/mol. The summed E-state index contributed by atoms with van der Waals surface area (Å²) in [5.41, 5.74) is 0. The van der Waals surface area contributed by atoms with E-state index in [2.05, 4.69) is 191 Å². The van der Waals surface area contributed by atoms with Gasteiger partial charge < -0.3 is 14.2 Å². The van der Waals surface area contributed by atoms with Crippen molar-refractivity contribution in [3.05, 3.63) is 182 Å². The summed E-state index contributed by atoms with van der Waals surface area (Å²) in [6, 6.07) is 0. The Balaban J connectivity index is 4.56. The monoisotopic (exact) mass is 1070 g/mol. The van der Waals surface area contributed by atoms with E-state index in [1.165, 1.54) is 51.4 Å². The maximum Gasteiger partial charge on any atom is 0.309 e. The molecule has 0 rings (SSSR count). The molecule has 0 aromatic heterocycles. The van der Waals surface area contributed by atoms with E-state index in [1.54, 1.807) is 6.08 Å². The van der Waals surface area contributed by atoms with Gasteiger partial charge in [0.15, 0.2) is 6.10 Å². The topological polar surface area (TPSA) is 78.9 Å². The molecule has 0 saturated heterocycles. The molecule has 0 N–H and O–H groups in total. The van der Waals surface area contributed by atoms with Crippen molar-refractivity contribution in [2.45, 2.75) is 239 Å². The van der Waals surface area contributed by atoms with Gasteiger partial charge in [0.2, 0.25) is 0 Å². The van der Waals surface area contributed by atoms with Crippen LogP contribution in [0.25, 0.3) is 0 Å². The highest BCUT2D eigenvalue weighted by atomic mass is 16.6. The van der Waals surface area contributed by atoms with Crippen molar-refractivity contribution in [2.75, 3.05) is 13.2 Å². The molecular formula is C72H110O6. The molecule has 0 heterocycles. The van der Waals surface area contributed by atoms with Crippen LogP contribution in [0.1, 0.15) is 233 Å². The number of hydrogen-bond acceptors (Lipinski definition) is 6. The molecule has 0 aliphatic carbocycles. The van der Waals surface area contributed by atoms with E-state index >= 15 is 0 Å². The molecule has 78 heavy (non-hydrogen) atoms. The predicted octanol–water partition coefficient (Wildman–Crippen LogP) is 21.3. The van der Waals surface area contributed by atoms with Crippen LogP contribution in [0.15, 0.2) is 182 Å². The lowest BCUT2D eigenvalue weighted by atomic mass is 10.1. The van der Waals surface area contributed by atoms with Crippen LogP contribution >= 0.6 is 0 Å². The summed E-state index contributed by atoms with van der Waals surface area (Å²) in [6.07, 6.45) is 96.4. The molecule has 434 valence electrons. The summed E-state index contributed by atoms with van der Waals surface area (Å²) in [5, 5.41) is 0. The zero-order valence-corrected chi connectivity index (χ0v) is 49.6. The highest BCUT2D eigenvalue weighted by Gasteiger charge is 2.19. The molecule has 0 aliphatic heterocycles. The van der Waals surface area contributed by atoms with Gasteiger partial charge in [0.25, 0.3) is 0 Å². The minimum Gasteiger partial charge on any atom is -0.462 e. The summed E-state index contributed by atoms with van der Waals surface area (Å²) in [4.78, 5) is 38.1. The van der Waals surface area contributed by atoms with Gasteiger partial charge in [-0.3, -0.25) is 14.4 Å². The van der Waals surface area contributed by atoms with Crippen molar-refractivity contribution in [2.24, 2.45) is 0 Å². The minimum absolute atomic E-state index is 0.106. The van der Waals surface area contributed by atoms with Gasteiger partial charge in [0, 0.05) is 12.8 Å². The highest BCUT2D eigenvalue weighted by Crippen LogP contribution is 2.12. The van der Waals surface area contributed by atoms with Crippen LogP contribution in [-0.2, 0) is 28.6 Å². The molecule has 0 spiro atoms. The number of unbranched alkanes of at least 4 members (excludes halogenated alkanes) is 13. The largest absolute Gasteiger partial charge is 0.462 e. The van der Waals surface area contributed by atoms with E-state index in [4.69, 9.17) is 14.2 Å². The van der Waals surface area contributed by atoms with Gasteiger partial charge >= 0.3 is 17.9 Å². The first-order valence-corrected chi connectivity index (χ1v) is 30.8. The Labute approximate surface area is 478 Å². The molecule has 6 nitrogen and oxygen atoms in total. The van der Waals surface area contributed by atoms with Crippen LogP contribution in [0.3, 0.4) is 0 Å². The molecule has 0 bridgehead atoms. The first-order valence-electron chi connectivity index (χ1n) is 30.8. The Morgan fingerprint density at radius 1 is 0.282 bits per heavy atom. The van der Waals surface area contributed by atoms with Crippen molar-refractivity contribution in [1.29, 1.82) is 0 Å². The predicted molar refractivity (Wildman–Crippen MR) is 338 cm³/mol. The van der Waals surface area contributed by atoms with E-state index in [1.807, 2.05) is 6.08 Å². The summed E-state index contributed by atoms with van der Waals surface area (Å²) < 4.78 is 16.7.